The average molecular weight is 394 g/mol. The van der Waals surface area contributed by atoms with Crippen LogP contribution in [-0.2, 0) is 20.7 Å². The maximum atomic E-state index is 12.1. The molecule has 7 nitrogen and oxygen atoms in total. The third-order valence-corrected chi connectivity index (χ3v) is 3.86. The maximum absolute atomic E-state index is 12.1. The number of methoxy groups -OCH3 is 3. The zero-order valence-corrected chi connectivity index (χ0v) is 16.0. The second kappa shape index (κ2) is 9.68. The van der Waals surface area contributed by atoms with E-state index >= 15 is 0 Å². The molecule has 0 aromatic heterocycles. The van der Waals surface area contributed by atoms with Crippen LogP contribution in [-0.4, -0.2) is 39.8 Å². The lowest BCUT2D eigenvalue weighted by Crippen LogP contribution is -2.22. The highest BCUT2D eigenvalue weighted by atomic mass is 35.5. The molecule has 0 fully saturated rings. The molecule has 1 N–H and O–H groups in total. The van der Waals surface area contributed by atoms with E-state index < -0.39 is 18.5 Å². The van der Waals surface area contributed by atoms with Gasteiger partial charge in [0.15, 0.2) is 6.61 Å². The van der Waals surface area contributed by atoms with Gasteiger partial charge in [-0.25, -0.2) is 0 Å². The Hall–Kier alpha value is -2.93. The minimum atomic E-state index is -0.580. The molecule has 2 aromatic rings. The first-order valence-electron chi connectivity index (χ1n) is 7.96. The number of carbonyl (C=O) groups excluding carboxylic acids is 2. The van der Waals surface area contributed by atoms with E-state index in [0.29, 0.717) is 33.5 Å². The van der Waals surface area contributed by atoms with Gasteiger partial charge in [-0.2, -0.15) is 0 Å². The van der Waals surface area contributed by atoms with Crippen molar-refractivity contribution in [2.45, 2.75) is 6.42 Å². The Kier molecular flexibility index (Phi) is 7.31. The second-order valence-corrected chi connectivity index (χ2v) is 5.84. The summed E-state index contributed by atoms with van der Waals surface area (Å²) in [5.74, 6) is 0.438. The van der Waals surface area contributed by atoms with E-state index in [1.165, 1.54) is 21.3 Å². The van der Waals surface area contributed by atoms with Gasteiger partial charge in [-0.05, 0) is 30.3 Å². The van der Waals surface area contributed by atoms with Gasteiger partial charge < -0.3 is 24.3 Å². The number of rotatable bonds is 8. The Labute approximate surface area is 162 Å². The van der Waals surface area contributed by atoms with Crippen molar-refractivity contribution in [3.63, 3.8) is 0 Å². The molecule has 0 aliphatic carbocycles. The standard InChI is InChI=1S/C19H20ClNO6/c1-24-14-5-7-17(26-3)15(10-14)21-18(22)11-27-19(23)9-12-8-13(20)4-6-16(12)25-2/h4-8,10H,9,11H2,1-3H3,(H,21,22). The molecule has 0 saturated carbocycles. The SMILES string of the molecule is COc1ccc(OC)c(NC(=O)COC(=O)Cc2cc(Cl)ccc2OC)c1. The van der Waals surface area contributed by atoms with Gasteiger partial charge in [0.1, 0.15) is 17.2 Å². The molecular formula is C19H20ClNO6. The molecule has 0 saturated heterocycles. The van der Waals surface area contributed by atoms with E-state index in [0.717, 1.165) is 0 Å². The van der Waals surface area contributed by atoms with Gasteiger partial charge in [-0.1, -0.05) is 11.6 Å². The zero-order valence-electron chi connectivity index (χ0n) is 15.2. The molecule has 0 aliphatic rings. The van der Waals surface area contributed by atoms with Crippen LogP contribution >= 0.6 is 11.6 Å². The molecule has 0 spiro atoms. The summed E-state index contributed by atoms with van der Waals surface area (Å²) in [5.41, 5.74) is 0.985. The predicted octanol–water partition coefficient (Wildman–Crippen LogP) is 3.09. The smallest absolute Gasteiger partial charge is 0.310 e. The van der Waals surface area contributed by atoms with E-state index in [-0.39, 0.29) is 6.42 Å². The fourth-order valence-corrected chi connectivity index (χ4v) is 2.53. The Morgan fingerprint density at radius 2 is 1.67 bits per heavy atom. The highest BCUT2D eigenvalue weighted by Crippen LogP contribution is 2.28. The van der Waals surface area contributed by atoms with Gasteiger partial charge in [0.05, 0.1) is 33.4 Å². The quantitative estimate of drug-likeness (QED) is 0.694. The van der Waals surface area contributed by atoms with Crippen LogP contribution in [0.1, 0.15) is 5.56 Å². The molecule has 144 valence electrons. The summed E-state index contributed by atoms with van der Waals surface area (Å²) in [6.07, 6.45) is -0.0699. The molecule has 0 heterocycles. The Morgan fingerprint density at radius 3 is 2.33 bits per heavy atom. The zero-order chi connectivity index (χ0) is 19.8. The van der Waals surface area contributed by atoms with Crippen LogP contribution in [0, 0.1) is 0 Å². The van der Waals surface area contributed by atoms with Crippen LogP contribution < -0.4 is 19.5 Å². The molecule has 1 amide bonds. The largest absolute Gasteiger partial charge is 0.497 e. The first kappa shape index (κ1) is 20.4. The summed E-state index contributed by atoms with van der Waals surface area (Å²) in [4.78, 5) is 24.1. The molecule has 0 bridgehead atoms. The van der Waals surface area contributed by atoms with E-state index in [2.05, 4.69) is 5.32 Å². The fraction of sp³-hybridized carbons (Fsp3) is 0.263. The van der Waals surface area contributed by atoms with Gasteiger partial charge in [0.25, 0.3) is 5.91 Å². The monoisotopic (exact) mass is 393 g/mol. The average Bonchev–Trinajstić information content (AvgIpc) is 2.66. The first-order valence-corrected chi connectivity index (χ1v) is 8.34. The highest BCUT2D eigenvalue weighted by Gasteiger charge is 2.14. The number of hydrogen-bond acceptors (Lipinski definition) is 6. The van der Waals surface area contributed by atoms with E-state index in [1.807, 2.05) is 0 Å². The topological polar surface area (TPSA) is 83.1 Å². The Bertz CT molecular complexity index is 824. The minimum Gasteiger partial charge on any atom is -0.497 e. The molecule has 2 rings (SSSR count). The summed E-state index contributed by atoms with van der Waals surface area (Å²) in [6.45, 7) is -0.442. The normalized spacial score (nSPS) is 10.1. The summed E-state index contributed by atoms with van der Waals surface area (Å²) in [5, 5.41) is 3.09. The van der Waals surface area contributed by atoms with Crippen LogP contribution in [0.3, 0.4) is 0 Å². The van der Waals surface area contributed by atoms with Crippen LogP contribution in [0.5, 0.6) is 17.2 Å². The number of esters is 1. The molecule has 27 heavy (non-hydrogen) atoms. The number of anilines is 1. The maximum Gasteiger partial charge on any atom is 0.310 e. The predicted molar refractivity (Wildman–Crippen MR) is 101 cm³/mol. The third kappa shape index (κ3) is 5.79. The minimum absolute atomic E-state index is 0.0699. The third-order valence-electron chi connectivity index (χ3n) is 3.62. The van der Waals surface area contributed by atoms with Gasteiger partial charge in [-0.15, -0.1) is 0 Å². The van der Waals surface area contributed by atoms with Gasteiger partial charge in [0.2, 0.25) is 0 Å². The highest BCUT2D eigenvalue weighted by molar-refractivity contribution is 6.30. The number of ether oxygens (including phenoxy) is 4. The van der Waals surface area contributed by atoms with Crippen molar-refractivity contribution in [1.82, 2.24) is 0 Å². The van der Waals surface area contributed by atoms with Crippen LogP contribution in [0.2, 0.25) is 5.02 Å². The van der Waals surface area contributed by atoms with Crippen LogP contribution in [0.15, 0.2) is 36.4 Å². The molecule has 2 aromatic carbocycles. The lowest BCUT2D eigenvalue weighted by Gasteiger charge is -2.12. The van der Waals surface area contributed by atoms with Crippen molar-refractivity contribution in [3.05, 3.63) is 47.0 Å². The number of carbonyl (C=O) groups is 2. The van der Waals surface area contributed by atoms with Crippen molar-refractivity contribution in [3.8, 4) is 17.2 Å². The lowest BCUT2D eigenvalue weighted by atomic mass is 10.1. The number of amides is 1. The summed E-state index contributed by atoms with van der Waals surface area (Å²) < 4.78 is 20.5. The first-order chi connectivity index (χ1) is 13.0. The van der Waals surface area contributed by atoms with Crippen LogP contribution in [0.4, 0.5) is 5.69 Å². The Morgan fingerprint density at radius 1 is 0.963 bits per heavy atom. The van der Waals surface area contributed by atoms with Gasteiger partial charge in [0, 0.05) is 16.7 Å². The van der Waals surface area contributed by atoms with E-state index in [4.69, 9.17) is 30.5 Å². The summed E-state index contributed by atoms with van der Waals surface area (Å²) in [7, 11) is 4.49. The number of benzene rings is 2. The van der Waals surface area contributed by atoms with E-state index in [9.17, 15) is 9.59 Å². The van der Waals surface area contributed by atoms with Crippen LogP contribution in [0.25, 0.3) is 0 Å². The number of hydrogen-bond donors (Lipinski definition) is 1. The number of nitrogens with one attached hydrogen (secondary N) is 1. The van der Waals surface area contributed by atoms with Gasteiger partial charge >= 0.3 is 5.97 Å². The number of halogens is 1. The lowest BCUT2D eigenvalue weighted by molar-refractivity contribution is -0.146. The molecule has 0 atom stereocenters. The molecule has 8 heteroatoms. The summed E-state index contributed by atoms with van der Waals surface area (Å²) >= 11 is 5.93. The fourth-order valence-electron chi connectivity index (χ4n) is 2.34. The molecular weight excluding hydrogens is 374 g/mol. The molecule has 0 unspecified atom stereocenters. The van der Waals surface area contributed by atoms with Crippen molar-refractivity contribution in [2.24, 2.45) is 0 Å². The van der Waals surface area contributed by atoms with Crippen molar-refractivity contribution in [2.75, 3.05) is 33.3 Å². The molecule has 0 aliphatic heterocycles. The van der Waals surface area contributed by atoms with Gasteiger partial charge in [-0.3, -0.25) is 9.59 Å². The van der Waals surface area contributed by atoms with E-state index in [1.54, 1.807) is 36.4 Å². The second-order valence-electron chi connectivity index (χ2n) is 5.41. The summed E-state index contributed by atoms with van der Waals surface area (Å²) in [6, 6.07) is 9.90. The van der Waals surface area contributed by atoms with Crippen molar-refractivity contribution >= 4 is 29.2 Å². The Balaban J connectivity index is 1.94. The van der Waals surface area contributed by atoms with Crippen molar-refractivity contribution in [1.29, 1.82) is 0 Å². The van der Waals surface area contributed by atoms with Crippen molar-refractivity contribution < 1.29 is 28.5 Å². The molecule has 0 radical (unpaired) electrons.